The summed E-state index contributed by atoms with van der Waals surface area (Å²) in [4.78, 5) is 13.7. The first-order chi connectivity index (χ1) is 5.70. The van der Waals surface area contributed by atoms with E-state index >= 15 is 0 Å². The molecule has 2 heteroatoms. The molecular formula is C10H19NO. The highest BCUT2D eigenvalue weighted by Gasteiger charge is 2.30. The van der Waals surface area contributed by atoms with Crippen molar-refractivity contribution in [3.05, 3.63) is 0 Å². The maximum atomic E-state index is 11.7. The standard InChI is InChI=1S/C10H19NO/c1-4-9-7-6-8(3)10(12)11(9)5-2/h8-9H,4-7H2,1-3H3. The van der Waals surface area contributed by atoms with Crippen molar-refractivity contribution in [2.75, 3.05) is 6.54 Å². The zero-order valence-corrected chi connectivity index (χ0v) is 8.34. The molecule has 1 fully saturated rings. The zero-order valence-electron chi connectivity index (χ0n) is 8.34. The molecule has 0 radical (unpaired) electrons. The normalized spacial score (nSPS) is 30.9. The lowest BCUT2D eigenvalue weighted by Gasteiger charge is -2.37. The van der Waals surface area contributed by atoms with Gasteiger partial charge in [0.2, 0.25) is 5.91 Å². The van der Waals surface area contributed by atoms with E-state index in [0.29, 0.717) is 11.9 Å². The van der Waals surface area contributed by atoms with E-state index in [1.165, 1.54) is 6.42 Å². The van der Waals surface area contributed by atoms with E-state index in [0.717, 1.165) is 19.4 Å². The number of hydrogen-bond donors (Lipinski definition) is 0. The molecule has 2 nitrogen and oxygen atoms in total. The largest absolute Gasteiger partial charge is 0.340 e. The Morgan fingerprint density at radius 3 is 2.58 bits per heavy atom. The smallest absolute Gasteiger partial charge is 0.225 e. The van der Waals surface area contributed by atoms with Gasteiger partial charge in [-0.3, -0.25) is 4.79 Å². The fourth-order valence-electron chi connectivity index (χ4n) is 2.02. The molecule has 0 spiro atoms. The van der Waals surface area contributed by atoms with Gasteiger partial charge in [-0.2, -0.15) is 0 Å². The molecule has 12 heavy (non-hydrogen) atoms. The molecule has 1 rings (SSSR count). The first-order valence-corrected chi connectivity index (χ1v) is 5.01. The second-order valence-electron chi connectivity index (χ2n) is 3.66. The molecule has 0 saturated carbocycles. The predicted octanol–water partition coefficient (Wildman–Crippen LogP) is 2.04. The highest BCUT2D eigenvalue weighted by molar-refractivity contribution is 5.79. The molecule has 1 saturated heterocycles. The van der Waals surface area contributed by atoms with Crippen LogP contribution in [0.25, 0.3) is 0 Å². The number of hydrogen-bond acceptors (Lipinski definition) is 1. The molecule has 1 amide bonds. The van der Waals surface area contributed by atoms with E-state index < -0.39 is 0 Å². The summed E-state index contributed by atoms with van der Waals surface area (Å²) in [6.07, 6.45) is 3.37. The van der Waals surface area contributed by atoms with Crippen LogP contribution in [0.4, 0.5) is 0 Å². The summed E-state index contributed by atoms with van der Waals surface area (Å²) in [6, 6.07) is 0.513. The highest BCUT2D eigenvalue weighted by atomic mass is 16.2. The van der Waals surface area contributed by atoms with Crippen LogP contribution in [0, 0.1) is 5.92 Å². The maximum absolute atomic E-state index is 11.7. The minimum atomic E-state index is 0.257. The lowest BCUT2D eigenvalue weighted by atomic mass is 9.92. The Balaban J connectivity index is 2.65. The van der Waals surface area contributed by atoms with Gasteiger partial charge in [-0.25, -0.2) is 0 Å². The molecule has 2 unspecified atom stereocenters. The van der Waals surface area contributed by atoms with Gasteiger partial charge in [0.25, 0.3) is 0 Å². The Morgan fingerprint density at radius 2 is 2.08 bits per heavy atom. The monoisotopic (exact) mass is 169 g/mol. The fourth-order valence-corrected chi connectivity index (χ4v) is 2.02. The van der Waals surface area contributed by atoms with Gasteiger partial charge in [0.15, 0.2) is 0 Å². The minimum Gasteiger partial charge on any atom is -0.340 e. The van der Waals surface area contributed by atoms with Crippen molar-refractivity contribution in [3.63, 3.8) is 0 Å². The third-order valence-electron chi connectivity index (χ3n) is 2.89. The molecule has 1 aliphatic heterocycles. The molecular weight excluding hydrogens is 150 g/mol. The second kappa shape index (κ2) is 3.92. The quantitative estimate of drug-likeness (QED) is 0.619. The van der Waals surface area contributed by atoms with Gasteiger partial charge in [-0.05, 0) is 26.2 Å². The van der Waals surface area contributed by atoms with Crippen molar-refractivity contribution in [2.24, 2.45) is 5.92 Å². The molecule has 1 aliphatic rings. The fraction of sp³-hybridized carbons (Fsp3) is 0.900. The topological polar surface area (TPSA) is 20.3 Å². The average molecular weight is 169 g/mol. The molecule has 0 aromatic carbocycles. The van der Waals surface area contributed by atoms with E-state index in [1.54, 1.807) is 0 Å². The van der Waals surface area contributed by atoms with Crippen LogP contribution in [0.5, 0.6) is 0 Å². The van der Waals surface area contributed by atoms with E-state index in [9.17, 15) is 4.79 Å². The third kappa shape index (κ3) is 1.62. The number of nitrogens with zero attached hydrogens (tertiary/aromatic N) is 1. The van der Waals surface area contributed by atoms with Crippen molar-refractivity contribution in [2.45, 2.75) is 46.1 Å². The molecule has 0 bridgehead atoms. The lowest BCUT2D eigenvalue weighted by Crippen LogP contribution is -2.46. The molecule has 2 atom stereocenters. The summed E-state index contributed by atoms with van der Waals surface area (Å²) >= 11 is 0. The van der Waals surface area contributed by atoms with E-state index in [1.807, 2.05) is 11.8 Å². The summed E-state index contributed by atoms with van der Waals surface area (Å²) in [5.74, 6) is 0.614. The molecule has 0 aromatic rings. The van der Waals surface area contributed by atoms with E-state index in [-0.39, 0.29) is 5.92 Å². The maximum Gasteiger partial charge on any atom is 0.225 e. The molecule has 0 aromatic heterocycles. The zero-order chi connectivity index (χ0) is 9.14. The second-order valence-corrected chi connectivity index (χ2v) is 3.66. The number of carbonyl (C=O) groups is 1. The van der Waals surface area contributed by atoms with Gasteiger partial charge in [0.1, 0.15) is 0 Å². The average Bonchev–Trinajstić information content (AvgIpc) is 2.09. The van der Waals surface area contributed by atoms with Crippen LogP contribution < -0.4 is 0 Å². The van der Waals surface area contributed by atoms with Crippen LogP contribution in [-0.4, -0.2) is 23.4 Å². The first kappa shape index (κ1) is 9.56. The number of likely N-dealkylation sites (tertiary alicyclic amines) is 1. The van der Waals surface area contributed by atoms with Gasteiger partial charge in [0, 0.05) is 18.5 Å². The minimum absolute atomic E-state index is 0.257. The lowest BCUT2D eigenvalue weighted by molar-refractivity contribution is -0.140. The van der Waals surface area contributed by atoms with Crippen LogP contribution in [0.1, 0.15) is 40.0 Å². The summed E-state index contributed by atoms with van der Waals surface area (Å²) in [7, 11) is 0. The molecule has 1 heterocycles. The molecule has 0 aliphatic carbocycles. The van der Waals surface area contributed by atoms with Crippen molar-refractivity contribution >= 4 is 5.91 Å². The van der Waals surface area contributed by atoms with E-state index in [4.69, 9.17) is 0 Å². The number of rotatable bonds is 2. The van der Waals surface area contributed by atoms with Crippen LogP contribution in [-0.2, 0) is 4.79 Å². The van der Waals surface area contributed by atoms with Gasteiger partial charge in [-0.15, -0.1) is 0 Å². The molecule has 0 N–H and O–H groups in total. The third-order valence-corrected chi connectivity index (χ3v) is 2.89. The Hall–Kier alpha value is -0.530. The predicted molar refractivity (Wildman–Crippen MR) is 49.9 cm³/mol. The number of piperidine rings is 1. The van der Waals surface area contributed by atoms with Crippen LogP contribution in [0.2, 0.25) is 0 Å². The summed E-state index contributed by atoms with van der Waals surface area (Å²) < 4.78 is 0. The van der Waals surface area contributed by atoms with Gasteiger partial charge in [-0.1, -0.05) is 13.8 Å². The number of amides is 1. The van der Waals surface area contributed by atoms with Crippen molar-refractivity contribution < 1.29 is 4.79 Å². The van der Waals surface area contributed by atoms with Crippen LogP contribution in [0.15, 0.2) is 0 Å². The summed E-state index contributed by atoms with van der Waals surface area (Å²) in [5, 5.41) is 0. The Bertz CT molecular complexity index is 167. The van der Waals surface area contributed by atoms with Gasteiger partial charge < -0.3 is 4.90 Å². The van der Waals surface area contributed by atoms with Crippen LogP contribution >= 0.6 is 0 Å². The Labute approximate surface area is 74.9 Å². The Morgan fingerprint density at radius 1 is 1.42 bits per heavy atom. The van der Waals surface area contributed by atoms with Gasteiger partial charge >= 0.3 is 0 Å². The SMILES string of the molecule is CCC1CCC(C)C(=O)N1CC. The number of carbonyl (C=O) groups excluding carboxylic acids is 1. The molecule has 70 valence electrons. The van der Waals surface area contributed by atoms with E-state index in [2.05, 4.69) is 13.8 Å². The summed E-state index contributed by atoms with van der Waals surface area (Å²) in [5.41, 5.74) is 0. The highest BCUT2D eigenvalue weighted by Crippen LogP contribution is 2.24. The van der Waals surface area contributed by atoms with Crippen molar-refractivity contribution in [3.8, 4) is 0 Å². The first-order valence-electron chi connectivity index (χ1n) is 5.01. The van der Waals surface area contributed by atoms with Crippen molar-refractivity contribution in [1.29, 1.82) is 0 Å². The Kier molecular flexibility index (Phi) is 3.12. The van der Waals surface area contributed by atoms with Crippen LogP contribution in [0.3, 0.4) is 0 Å². The van der Waals surface area contributed by atoms with Gasteiger partial charge in [0.05, 0.1) is 0 Å². The van der Waals surface area contributed by atoms with Crippen molar-refractivity contribution in [1.82, 2.24) is 4.90 Å². The summed E-state index contributed by atoms with van der Waals surface area (Å²) in [6.45, 7) is 7.15.